The number of sulfonamides is 1. The lowest BCUT2D eigenvalue weighted by Gasteiger charge is -2.30. The molecule has 1 aliphatic heterocycles. The van der Waals surface area contributed by atoms with Gasteiger partial charge in [-0.25, -0.2) is 8.42 Å². The normalized spacial score (nSPS) is 15.2. The molecule has 0 radical (unpaired) electrons. The van der Waals surface area contributed by atoms with Crippen molar-refractivity contribution >= 4 is 21.6 Å². The molecule has 1 unspecified atom stereocenters. The van der Waals surface area contributed by atoms with Gasteiger partial charge < -0.3 is 15.7 Å². The zero-order valence-corrected chi connectivity index (χ0v) is 14.8. The van der Waals surface area contributed by atoms with Crippen molar-refractivity contribution in [2.75, 3.05) is 17.9 Å². The summed E-state index contributed by atoms with van der Waals surface area (Å²) in [6.07, 6.45) is 3.58. The fraction of sp³-hybridized carbons (Fsp3) is 0.294. The topological polar surface area (TPSA) is 126 Å². The van der Waals surface area contributed by atoms with E-state index < -0.39 is 22.7 Å². The fourth-order valence-corrected chi connectivity index (χ4v) is 3.93. The van der Waals surface area contributed by atoms with Gasteiger partial charge in [-0.05, 0) is 41.8 Å². The fourth-order valence-electron chi connectivity index (χ4n) is 2.84. The van der Waals surface area contributed by atoms with Gasteiger partial charge in [0.25, 0.3) is 10.0 Å². The third kappa shape index (κ3) is 3.85. The van der Waals surface area contributed by atoms with Crippen LogP contribution in [0.1, 0.15) is 11.1 Å². The van der Waals surface area contributed by atoms with Crippen LogP contribution in [0.25, 0.3) is 0 Å². The third-order valence-corrected chi connectivity index (χ3v) is 5.62. The van der Waals surface area contributed by atoms with Crippen LogP contribution in [0.3, 0.4) is 0 Å². The number of aliphatic hydroxyl groups excluding tert-OH is 1. The van der Waals surface area contributed by atoms with E-state index in [9.17, 15) is 13.2 Å². The predicted octanol–water partition coefficient (Wildman–Crippen LogP) is 0.0867. The summed E-state index contributed by atoms with van der Waals surface area (Å²) in [5, 5.41) is 9.06. The van der Waals surface area contributed by atoms with Crippen LogP contribution in [0.2, 0.25) is 0 Å². The number of pyridine rings is 1. The number of nitrogens with two attached hydrogens (primary N) is 1. The lowest BCUT2D eigenvalue weighted by molar-refractivity contribution is -0.134. The number of carbonyl (C=O) groups excluding carboxylic acids is 1. The van der Waals surface area contributed by atoms with Crippen LogP contribution in [0.4, 0.5) is 5.69 Å². The van der Waals surface area contributed by atoms with E-state index in [1.165, 1.54) is 11.1 Å². The van der Waals surface area contributed by atoms with Gasteiger partial charge in [-0.3, -0.25) is 14.5 Å². The average molecular weight is 376 g/mol. The molecule has 0 fully saturated rings. The summed E-state index contributed by atoms with van der Waals surface area (Å²) < 4.78 is 27.6. The van der Waals surface area contributed by atoms with E-state index in [0.717, 1.165) is 11.1 Å². The first-order valence-corrected chi connectivity index (χ1v) is 9.59. The SMILES string of the molecule is NC(CO)C(=O)N1CCc2ccc(S(=O)(=O)Nc3cccnc3)cc2C1. The van der Waals surface area contributed by atoms with Crippen LogP contribution in [0.5, 0.6) is 0 Å². The van der Waals surface area contributed by atoms with Crippen LogP contribution in [-0.2, 0) is 27.8 Å². The Morgan fingerprint density at radius 1 is 1.35 bits per heavy atom. The summed E-state index contributed by atoms with van der Waals surface area (Å²) in [6.45, 7) is 0.323. The Morgan fingerprint density at radius 3 is 2.85 bits per heavy atom. The highest BCUT2D eigenvalue weighted by molar-refractivity contribution is 7.92. The first-order chi connectivity index (χ1) is 12.4. The summed E-state index contributed by atoms with van der Waals surface area (Å²) in [4.78, 5) is 17.7. The number of aliphatic hydroxyl groups is 1. The zero-order valence-electron chi connectivity index (χ0n) is 14.0. The van der Waals surface area contributed by atoms with E-state index in [0.29, 0.717) is 18.7 Å². The molecule has 3 rings (SSSR count). The number of aromatic nitrogens is 1. The van der Waals surface area contributed by atoms with Crippen molar-refractivity contribution in [2.24, 2.45) is 5.73 Å². The number of hydrogen-bond donors (Lipinski definition) is 3. The van der Waals surface area contributed by atoms with Crippen LogP contribution in [0.15, 0.2) is 47.6 Å². The molecule has 26 heavy (non-hydrogen) atoms. The maximum atomic E-state index is 12.6. The van der Waals surface area contributed by atoms with Gasteiger partial charge in [-0.2, -0.15) is 0 Å². The minimum atomic E-state index is -3.76. The number of hydrogen-bond acceptors (Lipinski definition) is 6. The highest BCUT2D eigenvalue weighted by atomic mass is 32.2. The Hall–Kier alpha value is -2.49. The number of nitrogens with zero attached hydrogens (tertiary/aromatic N) is 2. The summed E-state index contributed by atoms with van der Waals surface area (Å²) in [5.41, 5.74) is 7.72. The van der Waals surface area contributed by atoms with Crippen molar-refractivity contribution in [1.29, 1.82) is 0 Å². The van der Waals surface area contributed by atoms with Gasteiger partial charge in [0.05, 0.1) is 23.4 Å². The molecule has 4 N–H and O–H groups in total. The number of rotatable bonds is 5. The van der Waals surface area contributed by atoms with Crippen molar-refractivity contribution in [1.82, 2.24) is 9.88 Å². The van der Waals surface area contributed by atoms with Crippen LogP contribution >= 0.6 is 0 Å². The monoisotopic (exact) mass is 376 g/mol. The molecule has 8 nitrogen and oxygen atoms in total. The summed E-state index contributed by atoms with van der Waals surface area (Å²) >= 11 is 0. The Kier molecular flexibility index (Phi) is 5.21. The third-order valence-electron chi connectivity index (χ3n) is 4.24. The molecule has 1 aliphatic rings. The van der Waals surface area contributed by atoms with Gasteiger partial charge in [0, 0.05) is 19.3 Å². The second-order valence-corrected chi connectivity index (χ2v) is 7.76. The van der Waals surface area contributed by atoms with Gasteiger partial charge in [0.15, 0.2) is 0 Å². The van der Waals surface area contributed by atoms with Gasteiger partial charge in [-0.1, -0.05) is 6.07 Å². The number of anilines is 1. The van der Waals surface area contributed by atoms with Gasteiger partial charge in [0.2, 0.25) is 5.91 Å². The number of carbonyl (C=O) groups is 1. The molecule has 0 aliphatic carbocycles. The summed E-state index contributed by atoms with van der Waals surface area (Å²) in [7, 11) is -3.76. The minimum Gasteiger partial charge on any atom is -0.394 e. The second-order valence-electron chi connectivity index (χ2n) is 6.08. The Labute approximate surface area is 151 Å². The van der Waals surface area contributed by atoms with Gasteiger partial charge >= 0.3 is 0 Å². The number of fused-ring (bicyclic) bond motifs is 1. The van der Waals surface area contributed by atoms with Crippen molar-refractivity contribution in [3.05, 3.63) is 53.9 Å². The van der Waals surface area contributed by atoms with Crippen molar-refractivity contribution in [3.8, 4) is 0 Å². The Morgan fingerprint density at radius 2 is 2.15 bits per heavy atom. The van der Waals surface area contributed by atoms with E-state index in [-0.39, 0.29) is 17.3 Å². The lowest BCUT2D eigenvalue weighted by atomic mass is 9.99. The van der Waals surface area contributed by atoms with E-state index >= 15 is 0 Å². The maximum absolute atomic E-state index is 12.6. The van der Waals surface area contributed by atoms with Crippen LogP contribution < -0.4 is 10.5 Å². The van der Waals surface area contributed by atoms with Gasteiger partial charge in [-0.15, -0.1) is 0 Å². The quantitative estimate of drug-likeness (QED) is 0.679. The van der Waals surface area contributed by atoms with E-state index in [1.807, 2.05) is 0 Å². The van der Waals surface area contributed by atoms with Crippen molar-refractivity contribution in [3.63, 3.8) is 0 Å². The molecular weight excluding hydrogens is 356 g/mol. The minimum absolute atomic E-state index is 0.112. The first kappa shape index (κ1) is 18.3. The number of nitrogens with one attached hydrogen (secondary N) is 1. The first-order valence-electron chi connectivity index (χ1n) is 8.10. The molecule has 1 aromatic heterocycles. The highest BCUT2D eigenvalue weighted by Gasteiger charge is 2.26. The Balaban J connectivity index is 1.83. The molecule has 0 saturated carbocycles. The molecule has 1 atom stereocenters. The molecule has 1 aromatic carbocycles. The average Bonchev–Trinajstić information content (AvgIpc) is 2.66. The highest BCUT2D eigenvalue weighted by Crippen LogP contribution is 2.24. The molecule has 0 saturated heterocycles. The molecule has 0 spiro atoms. The summed E-state index contributed by atoms with van der Waals surface area (Å²) in [6, 6.07) is 7.17. The molecular formula is C17H20N4O4S. The smallest absolute Gasteiger partial charge is 0.261 e. The molecule has 138 valence electrons. The van der Waals surface area contributed by atoms with Crippen LogP contribution in [0, 0.1) is 0 Å². The van der Waals surface area contributed by atoms with Crippen molar-refractivity contribution in [2.45, 2.75) is 23.9 Å². The predicted molar refractivity (Wildman–Crippen MR) is 95.7 cm³/mol. The molecule has 1 amide bonds. The van der Waals surface area contributed by atoms with Crippen LogP contribution in [-0.4, -0.2) is 48.5 Å². The van der Waals surface area contributed by atoms with Crippen molar-refractivity contribution < 1.29 is 18.3 Å². The zero-order chi connectivity index (χ0) is 18.7. The number of amides is 1. The van der Waals surface area contributed by atoms with E-state index in [4.69, 9.17) is 10.8 Å². The molecule has 2 aromatic rings. The molecule has 2 heterocycles. The maximum Gasteiger partial charge on any atom is 0.261 e. The van der Waals surface area contributed by atoms with Gasteiger partial charge in [0.1, 0.15) is 6.04 Å². The second kappa shape index (κ2) is 7.40. The molecule has 0 bridgehead atoms. The number of benzene rings is 1. The van der Waals surface area contributed by atoms with E-state index in [2.05, 4.69) is 9.71 Å². The lowest BCUT2D eigenvalue weighted by Crippen LogP contribution is -2.47. The Bertz CT molecular complexity index is 902. The molecule has 9 heteroatoms. The standard InChI is InChI=1S/C17H20N4O4S/c18-16(11-22)17(23)21-7-5-12-3-4-15(8-13(12)10-21)26(24,25)20-14-2-1-6-19-9-14/h1-4,6,8-9,16,20,22H,5,7,10-11,18H2. The van der Waals surface area contributed by atoms with E-state index in [1.54, 1.807) is 36.5 Å². The largest absolute Gasteiger partial charge is 0.394 e. The summed E-state index contributed by atoms with van der Waals surface area (Å²) in [5.74, 6) is -0.347.